The molecule has 0 radical (unpaired) electrons. The van der Waals surface area contributed by atoms with E-state index in [4.69, 9.17) is 28.4 Å². The van der Waals surface area contributed by atoms with Crippen LogP contribution in [0.25, 0.3) is 0 Å². The molecule has 84 heavy (non-hydrogen) atoms. The number of aliphatic hydroxyl groups is 11. The lowest BCUT2D eigenvalue weighted by Crippen LogP contribution is -2.70. The summed E-state index contributed by atoms with van der Waals surface area (Å²) in [4.78, 5) is 38.3. The zero-order valence-electron chi connectivity index (χ0n) is 50.8. The number of carboxylic acid groups (broad SMARTS) is 1. The fourth-order valence-corrected chi connectivity index (χ4v) is 11.3. The number of carbonyl (C=O) groups is 3. The van der Waals surface area contributed by atoms with Crippen molar-refractivity contribution in [1.82, 2.24) is 10.6 Å². The first-order chi connectivity index (χ1) is 40.4. The molecule has 3 aliphatic heterocycles. The number of hydrogen-bond donors (Lipinski definition) is 14. The highest BCUT2D eigenvalue weighted by Crippen LogP contribution is 2.38. The molecule has 23 nitrogen and oxygen atoms in total. The summed E-state index contributed by atoms with van der Waals surface area (Å²) < 4.78 is 34.7. The summed E-state index contributed by atoms with van der Waals surface area (Å²) in [6.07, 6.45) is 8.66. The summed E-state index contributed by atoms with van der Waals surface area (Å²) in [6, 6.07) is -2.61. The Hall–Kier alpha value is -2.53. The Morgan fingerprint density at radius 2 is 1.11 bits per heavy atom. The Balaban J connectivity index is 1.61. The summed E-state index contributed by atoms with van der Waals surface area (Å²) >= 11 is 0. The van der Waals surface area contributed by atoms with Crippen LogP contribution >= 0.6 is 0 Å². The van der Waals surface area contributed by atoms with Crippen LogP contribution in [0, 0.1) is 0 Å². The van der Waals surface area contributed by atoms with Gasteiger partial charge in [-0.15, -0.1) is 0 Å². The van der Waals surface area contributed by atoms with Gasteiger partial charge in [-0.2, -0.15) is 0 Å². The Morgan fingerprint density at radius 1 is 0.619 bits per heavy atom. The van der Waals surface area contributed by atoms with Crippen LogP contribution in [0.2, 0.25) is 0 Å². The van der Waals surface area contributed by atoms with Gasteiger partial charge in [0, 0.05) is 19.8 Å². The third-order valence-electron chi connectivity index (χ3n) is 16.5. The highest BCUT2D eigenvalue weighted by molar-refractivity contribution is 5.77. The summed E-state index contributed by atoms with van der Waals surface area (Å²) in [6.45, 7) is 2.09. The number of allylic oxidation sites excluding steroid dienone is 1. The Bertz CT molecular complexity index is 1770. The van der Waals surface area contributed by atoms with Gasteiger partial charge in [-0.05, 0) is 19.3 Å². The minimum atomic E-state index is -3.08. The average molecular weight is 1210 g/mol. The summed E-state index contributed by atoms with van der Waals surface area (Å²) in [5, 5.41) is 135. The average Bonchev–Trinajstić information content (AvgIpc) is 1.85. The number of amides is 2. The van der Waals surface area contributed by atoms with Gasteiger partial charge in [-0.1, -0.05) is 193 Å². The molecule has 3 saturated heterocycles. The summed E-state index contributed by atoms with van der Waals surface area (Å²) in [7, 11) is 0. The van der Waals surface area contributed by atoms with Crippen molar-refractivity contribution < 1.29 is 104 Å². The van der Waals surface area contributed by atoms with Crippen molar-refractivity contribution >= 4 is 17.8 Å². The van der Waals surface area contributed by atoms with Crippen molar-refractivity contribution in [2.24, 2.45) is 0 Å². The number of aliphatic carboxylic acids is 1. The predicted octanol–water partition coefficient (Wildman–Crippen LogP) is 3.95. The van der Waals surface area contributed by atoms with Crippen LogP contribution in [-0.4, -0.2) is 215 Å². The quantitative estimate of drug-likeness (QED) is 0.0303. The van der Waals surface area contributed by atoms with Gasteiger partial charge in [0.05, 0.1) is 50.7 Å². The number of nitrogens with one attached hydrogen (secondary N) is 2. The van der Waals surface area contributed by atoms with E-state index in [0.717, 1.165) is 51.9 Å². The van der Waals surface area contributed by atoms with E-state index < -0.39 is 155 Å². The molecule has 3 rings (SSSR count). The smallest absolute Gasteiger partial charge is 0.364 e. The van der Waals surface area contributed by atoms with Crippen molar-refractivity contribution in [2.45, 2.75) is 330 Å². The lowest BCUT2D eigenvalue weighted by molar-refractivity contribution is -0.386. The van der Waals surface area contributed by atoms with Crippen molar-refractivity contribution in [3.63, 3.8) is 0 Å². The molecular weight excluding hydrogens is 1100 g/mol. The molecule has 0 aliphatic carbocycles. The van der Waals surface area contributed by atoms with E-state index in [1.807, 2.05) is 6.08 Å². The second-order valence-electron chi connectivity index (χ2n) is 23.6. The first-order valence-electron chi connectivity index (χ1n) is 32.1. The summed E-state index contributed by atoms with van der Waals surface area (Å²) in [5.41, 5.74) is 0. The molecule has 0 spiro atoms. The van der Waals surface area contributed by atoms with Crippen LogP contribution in [0.5, 0.6) is 0 Å². The molecule has 0 bridgehead atoms. The largest absolute Gasteiger partial charge is 0.477 e. The van der Waals surface area contributed by atoms with Crippen LogP contribution in [0.4, 0.5) is 0 Å². The van der Waals surface area contributed by atoms with E-state index in [0.29, 0.717) is 12.8 Å². The van der Waals surface area contributed by atoms with Crippen molar-refractivity contribution in [2.75, 3.05) is 26.4 Å². The zero-order chi connectivity index (χ0) is 61.9. The Labute approximate surface area is 499 Å². The number of carbonyl (C=O) groups excluding carboxylic acids is 2. The molecule has 492 valence electrons. The third-order valence-corrected chi connectivity index (χ3v) is 16.5. The number of ether oxygens (including phenoxy) is 6. The van der Waals surface area contributed by atoms with E-state index in [9.17, 15) is 75.7 Å². The number of rotatable bonds is 47. The Kier molecular flexibility index (Phi) is 38.9. The normalized spacial score (nSPS) is 29.8. The number of unbranched alkanes of at least 4 members (excludes halogenated alkanes) is 27. The first-order valence-corrected chi connectivity index (χ1v) is 32.1. The zero-order valence-corrected chi connectivity index (χ0v) is 50.8. The lowest BCUT2D eigenvalue weighted by Gasteiger charge is -2.50. The number of aliphatic hydroxyl groups excluding tert-OH is 11. The monoisotopic (exact) mass is 1210 g/mol. The molecule has 3 heterocycles. The van der Waals surface area contributed by atoms with Crippen LogP contribution in [0.3, 0.4) is 0 Å². The fraction of sp³-hybridized carbons (Fsp3) is 0.918. The predicted molar refractivity (Wildman–Crippen MR) is 311 cm³/mol. The van der Waals surface area contributed by atoms with Gasteiger partial charge in [0.2, 0.25) is 11.8 Å². The van der Waals surface area contributed by atoms with E-state index in [-0.39, 0.29) is 12.3 Å². The van der Waals surface area contributed by atoms with E-state index in [2.05, 4.69) is 24.5 Å². The molecule has 23 heteroatoms. The molecular formula is C61H112N2O21. The van der Waals surface area contributed by atoms with Crippen molar-refractivity contribution in [3.05, 3.63) is 12.2 Å². The second-order valence-corrected chi connectivity index (χ2v) is 23.6. The Morgan fingerprint density at radius 3 is 1.58 bits per heavy atom. The van der Waals surface area contributed by atoms with Gasteiger partial charge in [-0.3, -0.25) is 9.59 Å². The first kappa shape index (κ1) is 75.7. The van der Waals surface area contributed by atoms with Crippen LogP contribution in [-0.2, 0) is 42.8 Å². The molecule has 2 amide bonds. The molecule has 18 unspecified atom stereocenters. The SMILES string of the molecule is CCCCCCCCCCCCCCCCCCCCC/C=C/C(O)C(COC1OC(CO)C(OC2OC(CO)C(O)C(OC3(C(=O)O)CC(O)C(NC(C)=O)C(C(O)C(O)CO)O3)C2O)C(O)C1O)NC(=O)CCCCCCCCCCC. The van der Waals surface area contributed by atoms with Crippen LogP contribution in [0.1, 0.15) is 220 Å². The topological polar surface area (TPSA) is 373 Å². The third kappa shape index (κ3) is 26.7. The highest BCUT2D eigenvalue weighted by Gasteiger charge is 2.60. The van der Waals surface area contributed by atoms with Crippen LogP contribution < -0.4 is 10.6 Å². The molecule has 0 saturated carbocycles. The van der Waals surface area contributed by atoms with Crippen molar-refractivity contribution in [1.29, 1.82) is 0 Å². The maximum absolute atomic E-state index is 13.3. The van der Waals surface area contributed by atoms with Gasteiger partial charge in [-0.25, -0.2) is 4.79 Å². The molecule has 0 aromatic carbocycles. The second kappa shape index (κ2) is 43.2. The van der Waals surface area contributed by atoms with Crippen molar-refractivity contribution in [3.8, 4) is 0 Å². The maximum Gasteiger partial charge on any atom is 0.364 e. The molecule has 3 aliphatic rings. The minimum absolute atomic E-state index is 0.202. The molecule has 14 N–H and O–H groups in total. The van der Waals surface area contributed by atoms with Gasteiger partial charge in [0.1, 0.15) is 67.1 Å². The van der Waals surface area contributed by atoms with Gasteiger partial charge < -0.3 is 100 Å². The molecule has 3 fully saturated rings. The summed E-state index contributed by atoms with van der Waals surface area (Å²) in [5.74, 6) is -6.14. The number of hydrogen-bond acceptors (Lipinski definition) is 20. The van der Waals surface area contributed by atoms with E-state index in [1.54, 1.807) is 6.08 Å². The standard InChI is InChI=1S/C61H112N2O21/c1-4-6-8-10-12-14-15-16-17-18-19-20-21-22-23-24-25-27-28-30-32-34-43(68)42(63-48(71)35-33-31-29-26-13-11-9-7-5-2)40-79-58-53(75)52(74)55(47(39-66)81-58)82-59-54(76)57(51(73)46(38-65)80-59)84-61(60(77)78)36-44(69)49(62-41(3)67)56(83-61)50(72)45(70)37-64/h32,34,42-47,49-59,64-66,68-70,72-76H,4-31,33,35-40H2,1-3H3,(H,62,67)(H,63,71)(H,77,78)/b34-32+. The highest BCUT2D eigenvalue weighted by atomic mass is 16.8. The van der Waals surface area contributed by atoms with E-state index >= 15 is 0 Å². The molecule has 0 aromatic rings. The fourth-order valence-electron chi connectivity index (χ4n) is 11.3. The van der Waals surface area contributed by atoms with E-state index in [1.165, 1.54) is 128 Å². The van der Waals surface area contributed by atoms with Gasteiger partial charge >= 0.3 is 5.97 Å². The number of carboxylic acids is 1. The maximum atomic E-state index is 13.3. The van der Waals surface area contributed by atoms with Gasteiger partial charge in [0.25, 0.3) is 5.79 Å². The van der Waals surface area contributed by atoms with Gasteiger partial charge in [0.15, 0.2) is 12.6 Å². The van der Waals surface area contributed by atoms with Crippen LogP contribution in [0.15, 0.2) is 12.2 Å². The molecule has 18 atom stereocenters. The minimum Gasteiger partial charge on any atom is -0.477 e. The molecule has 0 aromatic heterocycles. The lowest BCUT2D eigenvalue weighted by atomic mass is 9.88.